The van der Waals surface area contributed by atoms with Crippen molar-refractivity contribution in [2.75, 3.05) is 13.2 Å². The van der Waals surface area contributed by atoms with E-state index in [1.165, 1.54) is 23.0 Å². The van der Waals surface area contributed by atoms with Gasteiger partial charge in [0.1, 0.15) is 0 Å². The largest absolute Gasteiger partial charge is 0.479 e. The fourth-order valence-corrected chi connectivity index (χ4v) is 1.46. The maximum absolute atomic E-state index is 10.7. The van der Waals surface area contributed by atoms with Crippen LogP contribution < -0.4 is 0 Å². The standard InChI is InChI=1S/C7H9NO4S/c9-1-2-12-6(7(10)11)5-3-8-4-13-5/h3-4,6,9H,1-2H2,(H,10,11). The van der Waals surface area contributed by atoms with Crippen molar-refractivity contribution in [3.05, 3.63) is 16.6 Å². The Morgan fingerprint density at radius 3 is 3.00 bits per heavy atom. The number of rotatable bonds is 5. The summed E-state index contributed by atoms with van der Waals surface area (Å²) in [5.41, 5.74) is 1.54. The van der Waals surface area contributed by atoms with E-state index < -0.39 is 12.1 Å². The van der Waals surface area contributed by atoms with Gasteiger partial charge in [-0.1, -0.05) is 0 Å². The van der Waals surface area contributed by atoms with Gasteiger partial charge < -0.3 is 14.9 Å². The predicted molar refractivity (Wildman–Crippen MR) is 45.5 cm³/mol. The fourth-order valence-electron chi connectivity index (χ4n) is 0.801. The molecule has 0 aliphatic rings. The minimum atomic E-state index is -1.07. The zero-order valence-corrected chi connectivity index (χ0v) is 7.53. The van der Waals surface area contributed by atoms with Gasteiger partial charge in [-0.3, -0.25) is 4.98 Å². The molecule has 1 unspecified atom stereocenters. The molecule has 6 heteroatoms. The molecule has 0 saturated heterocycles. The van der Waals surface area contributed by atoms with Crippen LogP contribution in [0.5, 0.6) is 0 Å². The molecule has 0 saturated carbocycles. The summed E-state index contributed by atoms with van der Waals surface area (Å²) < 4.78 is 4.92. The summed E-state index contributed by atoms with van der Waals surface area (Å²) in [6.45, 7) is -0.183. The van der Waals surface area contributed by atoms with Crippen LogP contribution >= 0.6 is 11.3 Å². The highest BCUT2D eigenvalue weighted by atomic mass is 32.1. The van der Waals surface area contributed by atoms with Crippen LogP contribution in [-0.2, 0) is 9.53 Å². The number of nitrogens with zero attached hydrogens (tertiary/aromatic N) is 1. The number of aliphatic hydroxyl groups excluding tert-OH is 1. The maximum Gasteiger partial charge on any atom is 0.338 e. The molecule has 0 amide bonds. The quantitative estimate of drug-likeness (QED) is 0.718. The lowest BCUT2D eigenvalue weighted by atomic mass is 10.3. The Kier molecular flexibility index (Phi) is 3.81. The summed E-state index contributed by atoms with van der Waals surface area (Å²) >= 11 is 1.21. The van der Waals surface area contributed by atoms with E-state index in [-0.39, 0.29) is 13.2 Å². The van der Waals surface area contributed by atoms with E-state index in [0.717, 1.165) is 0 Å². The highest BCUT2D eigenvalue weighted by molar-refractivity contribution is 7.09. The molecule has 1 atom stereocenters. The first-order valence-corrected chi connectivity index (χ1v) is 4.47. The Labute approximate surface area is 78.6 Å². The van der Waals surface area contributed by atoms with Crippen molar-refractivity contribution in [1.29, 1.82) is 0 Å². The second-order valence-corrected chi connectivity index (χ2v) is 3.13. The average molecular weight is 203 g/mol. The van der Waals surface area contributed by atoms with E-state index in [1.54, 1.807) is 0 Å². The highest BCUT2D eigenvalue weighted by Crippen LogP contribution is 2.20. The number of carboxylic acid groups (broad SMARTS) is 1. The molecule has 5 nitrogen and oxygen atoms in total. The van der Waals surface area contributed by atoms with Crippen LogP contribution in [0.25, 0.3) is 0 Å². The molecule has 1 rings (SSSR count). The SMILES string of the molecule is O=C(O)C(OCCO)c1cncs1. The van der Waals surface area contributed by atoms with Crippen molar-refractivity contribution in [3.63, 3.8) is 0 Å². The van der Waals surface area contributed by atoms with Crippen molar-refractivity contribution in [2.45, 2.75) is 6.10 Å². The summed E-state index contributed by atoms with van der Waals surface area (Å²) in [5.74, 6) is -1.07. The number of hydrogen-bond donors (Lipinski definition) is 2. The molecule has 0 aromatic carbocycles. The molecule has 1 aromatic rings. The van der Waals surface area contributed by atoms with Gasteiger partial charge >= 0.3 is 5.97 Å². The van der Waals surface area contributed by atoms with Crippen LogP contribution in [0.3, 0.4) is 0 Å². The Bertz CT molecular complexity index is 261. The Morgan fingerprint density at radius 2 is 2.54 bits per heavy atom. The van der Waals surface area contributed by atoms with Gasteiger partial charge in [-0.25, -0.2) is 4.79 Å². The van der Waals surface area contributed by atoms with Crippen molar-refractivity contribution < 1.29 is 19.7 Å². The second kappa shape index (κ2) is 4.90. The summed E-state index contributed by atoms with van der Waals surface area (Å²) in [7, 11) is 0. The smallest absolute Gasteiger partial charge is 0.338 e. The van der Waals surface area contributed by atoms with Gasteiger partial charge in [0.05, 0.1) is 23.6 Å². The van der Waals surface area contributed by atoms with E-state index in [9.17, 15) is 4.79 Å². The molecule has 0 spiro atoms. The number of aliphatic hydroxyl groups is 1. The third kappa shape index (κ3) is 2.76. The van der Waals surface area contributed by atoms with Gasteiger partial charge in [-0.05, 0) is 0 Å². The monoisotopic (exact) mass is 203 g/mol. The normalized spacial score (nSPS) is 12.7. The third-order valence-corrected chi connectivity index (χ3v) is 2.13. The molecule has 72 valence electrons. The number of ether oxygens (including phenoxy) is 1. The van der Waals surface area contributed by atoms with E-state index in [4.69, 9.17) is 14.9 Å². The van der Waals surface area contributed by atoms with Crippen LogP contribution in [-0.4, -0.2) is 34.4 Å². The van der Waals surface area contributed by atoms with Gasteiger partial charge in [-0.2, -0.15) is 0 Å². The van der Waals surface area contributed by atoms with E-state index in [0.29, 0.717) is 4.88 Å². The molecule has 1 aromatic heterocycles. The first-order chi connectivity index (χ1) is 6.25. The van der Waals surface area contributed by atoms with E-state index in [1.807, 2.05) is 0 Å². The molecule has 2 N–H and O–H groups in total. The number of carbonyl (C=O) groups is 1. The minimum Gasteiger partial charge on any atom is -0.479 e. The zero-order chi connectivity index (χ0) is 9.68. The molecule has 0 fully saturated rings. The Hall–Kier alpha value is -0.980. The third-order valence-electron chi connectivity index (χ3n) is 1.31. The van der Waals surface area contributed by atoms with E-state index in [2.05, 4.69) is 4.98 Å². The lowest BCUT2D eigenvalue weighted by Gasteiger charge is -2.09. The van der Waals surface area contributed by atoms with Crippen LogP contribution in [0.4, 0.5) is 0 Å². The average Bonchev–Trinajstić information content (AvgIpc) is 2.57. The van der Waals surface area contributed by atoms with Gasteiger partial charge in [0, 0.05) is 6.20 Å². The molecule has 0 radical (unpaired) electrons. The van der Waals surface area contributed by atoms with Crippen molar-refractivity contribution in [2.24, 2.45) is 0 Å². The molecule has 0 aliphatic heterocycles. The summed E-state index contributed by atoms with van der Waals surface area (Å²) in [6, 6.07) is 0. The lowest BCUT2D eigenvalue weighted by Crippen LogP contribution is -2.16. The zero-order valence-electron chi connectivity index (χ0n) is 6.71. The van der Waals surface area contributed by atoms with Crippen molar-refractivity contribution in [1.82, 2.24) is 4.98 Å². The number of aliphatic carboxylic acids is 1. The van der Waals surface area contributed by atoms with Crippen LogP contribution in [0.1, 0.15) is 11.0 Å². The van der Waals surface area contributed by atoms with Gasteiger partial charge in [-0.15, -0.1) is 11.3 Å². The second-order valence-electron chi connectivity index (χ2n) is 2.22. The Balaban J connectivity index is 2.63. The fraction of sp³-hybridized carbons (Fsp3) is 0.429. The molecule has 0 aliphatic carbocycles. The van der Waals surface area contributed by atoms with Crippen LogP contribution in [0, 0.1) is 0 Å². The van der Waals surface area contributed by atoms with E-state index >= 15 is 0 Å². The lowest BCUT2D eigenvalue weighted by molar-refractivity contribution is -0.151. The van der Waals surface area contributed by atoms with Crippen molar-refractivity contribution in [3.8, 4) is 0 Å². The molecule has 1 heterocycles. The molecule has 0 bridgehead atoms. The highest BCUT2D eigenvalue weighted by Gasteiger charge is 2.21. The molecule has 13 heavy (non-hydrogen) atoms. The first kappa shape index (κ1) is 10.1. The number of thiazole rings is 1. The topological polar surface area (TPSA) is 79.7 Å². The Morgan fingerprint density at radius 1 is 1.77 bits per heavy atom. The molecular weight excluding hydrogens is 194 g/mol. The summed E-state index contributed by atoms with van der Waals surface area (Å²) in [4.78, 5) is 15.0. The van der Waals surface area contributed by atoms with Gasteiger partial charge in [0.2, 0.25) is 0 Å². The summed E-state index contributed by atoms with van der Waals surface area (Å²) in [6.07, 6.45) is 0.431. The minimum absolute atomic E-state index is 0.00880. The van der Waals surface area contributed by atoms with Gasteiger partial charge in [0.15, 0.2) is 6.10 Å². The first-order valence-electron chi connectivity index (χ1n) is 3.59. The summed E-state index contributed by atoms with van der Waals surface area (Å²) in [5, 5.41) is 17.2. The number of hydrogen-bond acceptors (Lipinski definition) is 5. The van der Waals surface area contributed by atoms with Crippen LogP contribution in [0.2, 0.25) is 0 Å². The predicted octanol–water partition coefficient (Wildman–Crippen LogP) is 0.278. The van der Waals surface area contributed by atoms with Crippen LogP contribution in [0.15, 0.2) is 11.7 Å². The molecular formula is C7H9NO4S. The number of aromatic nitrogens is 1. The number of carboxylic acids is 1. The van der Waals surface area contributed by atoms with Crippen molar-refractivity contribution >= 4 is 17.3 Å². The van der Waals surface area contributed by atoms with Gasteiger partial charge in [0.25, 0.3) is 0 Å². The maximum atomic E-state index is 10.7.